The van der Waals surface area contributed by atoms with Crippen molar-refractivity contribution < 1.29 is 14.3 Å². The number of ether oxygens (including phenoxy) is 1. The van der Waals surface area contributed by atoms with Gasteiger partial charge in [0.1, 0.15) is 6.29 Å². The third-order valence-electron chi connectivity index (χ3n) is 3.97. The molecule has 23 heavy (non-hydrogen) atoms. The quantitative estimate of drug-likeness (QED) is 0.623. The second-order valence-corrected chi connectivity index (χ2v) is 5.59. The maximum atomic E-state index is 12.0. The van der Waals surface area contributed by atoms with Gasteiger partial charge in [-0.25, -0.2) is 4.79 Å². The molecule has 1 aliphatic heterocycles. The summed E-state index contributed by atoms with van der Waals surface area (Å²) in [5.74, 6) is -0.288. The van der Waals surface area contributed by atoms with Crippen LogP contribution >= 0.6 is 0 Å². The first-order valence-corrected chi connectivity index (χ1v) is 7.85. The van der Waals surface area contributed by atoms with E-state index >= 15 is 0 Å². The largest absolute Gasteiger partial charge is 0.462 e. The lowest BCUT2D eigenvalue weighted by Gasteiger charge is -2.20. The molecule has 1 aliphatic rings. The minimum Gasteiger partial charge on any atom is -0.462 e. The summed E-state index contributed by atoms with van der Waals surface area (Å²) in [5.41, 5.74) is 4.48. The number of hydrogen-bond donors (Lipinski definition) is 0. The highest BCUT2D eigenvalue weighted by Crippen LogP contribution is 2.35. The summed E-state index contributed by atoms with van der Waals surface area (Å²) in [7, 11) is 0. The average Bonchev–Trinajstić information content (AvgIpc) is 3.02. The normalized spacial score (nSPS) is 12.8. The molecule has 0 atom stereocenters. The minimum absolute atomic E-state index is 0.288. The van der Waals surface area contributed by atoms with Gasteiger partial charge in [0.25, 0.3) is 0 Å². The maximum Gasteiger partial charge on any atom is 0.338 e. The van der Waals surface area contributed by atoms with Gasteiger partial charge in [0, 0.05) is 23.5 Å². The Bertz CT molecular complexity index is 739. The number of hydrogen-bond acceptors (Lipinski definition) is 4. The van der Waals surface area contributed by atoms with Gasteiger partial charge in [-0.1, -0.05) is 13.0 Å². The molecule has 0 unspecified atom stereocenters. The molecule has 0 spiro atoms. The van der Waals surface area contributed by atoms with Gasteiger partial charge in [-0.3, -0.25) is 4.79 Å². The monoisotopic (exact) mass is 309 g/mol. The van der Waals surface area contributed by atoms with Crippen LogP contribution in [0.1, 0.15) is 39.6 Å². The van der Waals surface area contributed by atoms with Crippen LogP contribution < -0.4 is 4.90 Å². The summed E-state index contributed by atoms with van der Waals surface area (Å²) in [5, 5.41) is 0. The fourth-order valence-corrected chi connectivity index (χ4v) is 2.84. The van der Waals surface area contributed by atoms with Gasteiger partial charge >= 0.3 is 5.97 Å². The molecule has 2 aromatic carbocycles. The van der Waals surface area contributed by atoms with Crippen molar-refractivity contribution in [3.63, 3.8) is 0 Å². The van der Waals surface area contributed by atoms with E-state index < -0.39 is 0 Å². The molecule has 0 fully saturated rings. The molecule has 4 nitrogen and oxygen atoms in total. The van der Waals surface area contributed by atoms with Crippen LogP contribution in [-0.4, -0.2) is 25.4 Å². The van der Waals surface area contributed by atoms with Crippen molar-refractivity contribution in [1.82, 2.24) is 0 Å². The second kappa shape index (κ2) is 6.65. The Kier molecular flexibility index (Phi) is 4.42. The molecule has 0 bridgehead atoms. The molecule has 0 aliphatic carbocycles. The Hall–Kier alpha value is -2.62. The fourth-order valence-electron chi connectivity index (χ4n) is 2.84. The molecule has 0 saturated heterocycles. The molecular weight excluding hydrogens is 290 g/mol. The van der Waals surface area contributed by atoms with E-state index in [1.807, 2.05) is 43.3 Å². The molecule has 118 valence electrons. The number of carbonyl (C=O) groups excluding carboxylic acids is 2. The molecule has 4 heteroatoms. The number of anilines is 2. The summed E-state index contributed by atoms with van der Waals surface area (Å²) >= 11 is 0. The topological polar surface area (TPSA) is 46.6 Å². The third-order valence-corrected chi connectivity index (χ3v) is 3.97. The zero-order valence-corrected chi connectivity index (χ0v) is 13.1. The van der Waals surface area contributed by atoms with E-state index in [9.17, 15) is 9.59 Å². The van der Waals surface area contributed by atoms with Gasteiger partial charge < -0.3 is 9.64 Å². The van der Waals surface area contributed by atoms with Crippen LogP contribution in [0.4, 0.5) is 11.4 Å². The number of benzene rings is 2. The van der Waals surface area contributed by atoms with Gasteiger partial charge in [0.2, 0.25) is 0 Å². The first-order valence-electron chi connectivity index (χ1n) is 7.85. The molecule has 1 heterocycles. The van der Waals surface area contributed by atoms with Crippen LogP contribution in [-0.2, 0) is 11.2 Å². The molecule has 0 saturated carbocycles. The van der Waals surface area contributed by atoms with E-state index in [2.05, 4.69) is 4.90 Å². The first-order chi connectivity index (χ1) is 11.2. The summed E-state index contributed by atoms with van der Waals surface area (Å²) in [6, 6.07) is 13.2. The first kappa shape index (κ1) is 15.3. The number of fused-ring (bicyclic) bond motifs is 1. The van der Waals surface area contributed by atoms with E-state index in [0.29, 0.717) is 17.7 Å². The van der Waals surface area contributed by atoms with E-state index in [-0.39, 0.29) is 5.97 Å². The van der Waals surface area contributed by atoms with Crippen molar-refractivity contribution in [3.8, 4) is 0 Å². The molecule has 2 aromatic rings. The van der Waals surface area contributed by atoms with Crippen molar-refractivity contribution in [3.05, 3.63) is 59.2 Å². The van der Waals surface area contributed by atoms with Crippen LogP contribution in [0.15, 0.2) is 42.5 Å². The minimum atomic E-state index is -0.288. The number of rotatable bonds is 5. The lowest BCUT2D eigenvalue weighted by atomic mass is 10.1. The molecule has 3 rings (SSSR count). The highest BCUT2D eigenvalue weighted by molar-refractivity contribution is 5.91. The number of carbonyl (C=O) groups is 2. The smallest absolute Gasteiger partial charge is 0.338 e. The van der Waals surface area contributed by atoms with Crippen LogP contribution in [0, 0.1) is 0 Å². The predicted octanol–water partition coefficient (Wildman–Crippen LogP) is 3.76. The van der Waals surface area contributed by atoms with Gasteiger partial charge in [-0.2, -0.15) is 0 Å². The van der Waals surface area contributed by atoms with Gasteiger partial charge in [-0.05, 0) is 54.8 Å². The molecule has 0 aromatic heterocycles. The Labute approximate surface area is 135 Å². The molecular formula is C19H19NO3. The SMILES string of the molecule is CCCOC(=O)c1cccc(N2CCc3cc(C=O)ccc32)c1. The third kappa shape index (κ3) is 3.11. The zero-order chi connectivity index (χ0) is 16.2. The van der Waals surface area contributed by atoms with Gasteiger partial charge in [-0.15, -0.1) is 0 Å². The highest BCUT2D eigenvalue weighted by Gasteiger charge is 2.21. The maximum absolute atomic E-state index is 12.0. The number of esters is 1. The summed E-state index contributed by atoms with van der Waals surface area (Å²) in [4.78, 5) is 25.1. The van der Waals surface area contributed by atoms with E-state index in [4.69, 9.17) is 4.74 Å². The second-order valence-electron chi connectivity index (χ2n) is 5.59. The van der Waals surface area contributed by atoms with E-state index in [1.54, 1.807) is 6.07 Å². The van der Waals surface area contributed by atoms with Crippen molar-refractivity contribution in [2.24, 2.45) is 0 Å². The number of aldehydes is 1. The molecule has 0 N–H and O–H groups in total. The average molecular weight is 309 g/mol. The van der Waals surface area contributed by atoms with E-state index in [1.165, 1.54) is 0 Å². The predicted molar refractivity (Wildman–Crippen MR) is 89.6 cm³/mol. The Morgan fingerprint density at radius 3 is 2.91 bits per heavy atom. The molecule has 0 radical (unpaired) electrons. The van der Waals surface area contributed by atoms with Crippen molar-refractivity contribution in [2.45, 2.75) is 19.8 Å². The standard InChI is InChI=1S/C19H19NO3/c1-2-10-23-19(22)16-4-3-5-17(12-16)20-9-8-15-11-14(13-21)6-7-18(15)20/h3-7,11-13H,2,8-10H2,1H3. The van der Waals surface area contributed by atoms with Crippen molar-refractivity contribution >= 4 is 23.6 Å². The van der Waals surface area contributed by atoms with Crippen LogP contribution in [0.3, 0.4) is 0 Å². The van der Waals surface area contributed by atoms with Crippen LogP contribution in [0.2, 0.25) is 0 Å². The van der Waals surface area contributed by atoms with Crippen molar-refractivity contribution in [2.75, 3.05) is 18.1 Å². The van der Waals surface area contributed by atoms with Crippen LogP contribution in [0.5, 0.6) is 0 Å². The summed E-state index contributed by atoms with van der Waals surface area (Å²) in [6.45, 7) is 3.24. The fraction of sp³-hybridized carbons (Fsp3) is 0.263. The van der Waals surface area contributed by atoms with Crippen LogP contribution in [0.25, 0.3) is 0 Å². The lowest BCUT2D eigenvalue weighted by molar-refractivity contribution is 0.0505. The Morgan fingerprint density at radius 1 is 1.26 bits per heavy atom. The zero-order valence-electron chi connectivity index (χ0n) is 13.1. The summed E-state index contributed by atoms with van der Waals surface area (Å²) in [6.07, 6.45) is 2.57. The lowest BCUT2D eigenvalue weighted by Crippen LogP contribution is -2.14. The Balaban J connectivity index is 1.87. The Morgan fingerprint density at radius 2 is 2.13 bits per heavy atom. The summed E-state index contributed by atoms with van der Waals surface area (Å²) < 4.78 is 5.20. The molecule has 0 amide bonds. The van der Waals surface area contributed by atoms with Gasteiger partial charge in [0.15, 0.2) is 0 Å². The van der Waals surface area contributed by atoms with E-state index in [0.717, 1.165) is 42.6 Å². The van der Waals surface area contributed by atoms with Crippen molar-refractivity contribution in [1.29, 1.82) is 0 Å². The number of nitrogens with zero attached hydrogens (tertiary/aromatic N) is 1. The van der Waals surface area contributed by atoms with Gasteiger partial charge in [0.05, 0.1) is 12.2 Å². The highest BCUT2D eigenvalue weighted by atomic mass is 16.5.